The van der Waals surface area contributed by atoms with Crippen LogP contribution in [0.1, 0.15) is 43.7 Å². The maximum absolute atomic E-state index is 14.3. The molecule has 17 rings (SSSR count). The number of ether oxygens (including phenoxy) is 1. The number of likely N-dealkylation sites (N-methyl/N-ethyl adjacent to an activating group) is 2. The lowest BCUT2D eigenvalue weighted by atomic mass is 9.68. The number of aliphatic hydroxyl groups is 1. The Bertz CT molecular complexity index is 3450. The van der Waals surface area contributed by atoms with Crippen molar-refractivity contribution in [1.82, 2.24) is 19.6 Å². The number of nitro benzene ring substituents is 1. The molecule has 4 bridgehead atoms. The molecular weight excluding hydrogens is 1010 g/mol. The minimum absolute atomic E-state index is 0.108. The number of benzene rings is 5. The van der Waals surface area contributed by atoms with Gasteiger partial charge in [-0.1, -0.05) is 119 Å². The number of carbonyl (C=O) groups excluding carboxylic acids is 5. The van der Waals surface area contributed by atoms with Gasteiger partial charge >= 0.3 is 5.97 Å². The molecule has 12 aliphatic rings. The van der Waals surface area contributed by atoms with Crippen molar-refractivity contribution in [3.05, 3.63) is 183 Å². The average molecular weight is 1050 g/mol. The SMILES string of the molecule is CN1C(=O)[C@]23SS[C@H]1C(=O)N2[C@H]1Nc2ccccc2[C@@]1(C1=CCc2ccccc21)[C@@H]3O.CN1C(=O)[C@]23SS[C@H]1C(=O)N2[C@H]1Nc2ccccc2[C@@]1(C1=CCc2ccccc21)[C@@H]3OC(=O)c1ccc([N+](=O)[O-])cc1. The largest absolute Gasteiger partial charge is 0.453 e. The summed E-state index contributed by atoms with van der Waals surface area (Å²) in [5, 5.41) is 29.2. The Morgan fingerprint density at radius 3 is 1.70 bits per heavy atom. The summed E-state index contributed by atoms with van der Waals surface area (Å²) in [6.45, 7) is 0. The molecule has 8 fully saturated rings. The molecule has 20 heteroatoms. The smallest absolute Gasteiger partial charge is 0.338 e. The van der Waals surface area contributed by atoms with Gasteiger partial charge in [-0.05, 0) is 103 Å². The van der Waals surface area contributed by atoms with E-state index in [9.17, 15) is 39.2 Å². The van der Waals surface area contributed by atoms with Crippen LogP contribution in [0, 0.1) is 10.1 Å². The second-order valence-corrected chi connectivity index (χ2v) is 24.6. The zero-order valence-electron chi connectivity index (χ0n) is 38.7. The number of fused-ring (bicyclic) bond motifs is 12. The number of rotatable bonds is 5. The standard InChI is InChI=1S/C30H22N4O6S2.C23H19N3O3S2/c1-32-24-23(35)33-27-29(21-8-4-5-9-22(21)31-27,20-15-12-16-6-2-3-7-19(16)20)26(30(33,28(32)37)42-41-24)40-25(36)17-10-13-18(14-11-17)34(38)39;1-25-18-17(27)26-20-22(15-8-4-5-9-16(15)24-20,19(28)23(26,21(25)29)31-30-18)14-11-10-12-6-2-3-7-13(12)14/h2-11,13-15,24,26-27,31H,12H2,1H3;2-9,11,18-20,24,28H,10H2,1H3/t24-,26-,27+,29-,30-;18-,19-,20+,22-,23-/m00/s1. The molecule has 0 unspecified atom stereocenters. The molecule has 2 aliphatic carbocycles. The van der Waals surface area contributed by atoms with Crippen molar-refractivity contribution in [3.63, 3.8) is 0 Å². The third-order valence-electron chi connectivity index (χ3n) is 16.5. The average Bonchev–Trinajstić information content (AvgIpc) is 4.27. The van der Waals surface area contributed by atoms with Gasteiger partial charge in [0.25, 0.3) is 29.3 Å². The molecule has 16 nitrogen and oxygen atoms in total. The van der Waals surface area contributed by atoms with E-state index in [0.717, 1.165) is 56.8 Å². The summed E-state index contributed by atoms with van der Waals surface area (Å²) in [6.07, 6.45) is 2.24. The van der Waals surface area contributed by atoms with Crippen molar-refractivity contribution in [2.24, 2.45) is 0 Å². The van der Waals surface area contributed by atoms with Crippen molar-refractivity contribution in [2.75, 3.05) is 24.7 Å². The number of esters is 1. The Morgan fingerprint density at radius 1 is 0.658 bits per heavy atom. The first-order valence-electron chi connectivity index (χ1n) is 23.7. The summed E-state index contributed by atoms with van der Waals surface area (Å²) < 4.78 is 6.49. The highest BCUT2D eigenvalue weighted by Crippen LogP contribution is 2.71. The van der Waals surface area contributed by atoms with Gasteiger partial charge in [0.1, 0.15) is 23.9 Å². The maximum Gasteiger partial charge on any atom is 0.338 e. The molecule has 0 radical (unpaired) electrons. The molecule has 366 valence electrons. The van der Waals surface area contributed by atoms with E-state index in [1.54, 1.807) is 23.9 Å². The highest BCUT2D eigenvalue weighted by atomic mass is 33.1. The van der Waals surface area contributed by atoms with Crippen molar-refractivity contribution in [2.45, 2.75) is 68.7 Å². The fourth-order valence-electron chi connectivity index (χ4n) is 13.4. The first kappa shape index (κ1) is 44.9. The third-order valence-corrected chi connectivity index (χ3v) is 23.0. The van der Waals surface area contributed by atoms with E-state index in [0.29, 0.717) is 6.42 Å². The molecule has 8 saturated heterocycles. The topological polar surface area (TPSA) is 195 Å². The van der Waals surface area contributed by atoms with Gasteiger partial charge in [0, 0.05) is 37.6 Å². The predicted molar refractivity (Wildman–Crippen MR) is 278 cm³/mol. The zero-order chi connectivity index (χ0) is 50.1. The predicted octanol–water partition coefficient (Wildman–Crippen LogP) is 6.59. The minimum atomic E-state index is -1.55. The Morgan fingerprint density at radius 2 is 1.12 bits per heavy atom. The van der Waals surface area contributed by atoms with Crippen LogP contribution >= 0.6 is 43.2 Å². The van der Waals surface area contributed by atoms with E-state index in [1.165, 1.54) is 82.8 Å². The van der Waals surface area contributed by atoms with Gasteiger partial charge in [-0.25, -0.2) is 4.79 Å². The molecule has 5 aromatic rings. The number of non-ortho nitro benzene ring substituents is 1. The summed E-state index contributed by atoms with van der Waals surface area (Å²) in [5.74, 6) is -1.59. The second kappa shape index (κ2) is 15.4. The molecule has 0 aromatic heterocycles. The quantitative estimate of drug-likeness (QED) is 0.0738. The van der Waals surface area contributed by atoms with Gasteiger partial charge in [-0.3, -0.25) is 39.1 Å². The summed E-state index contributed by atoms with van der Waals surface area (Å²) in [5.41, 5.74) is 7.63. The number of hydrogen-bond acceptors (Lipinski definition) is 15. The van der Waals surface area contributed by atoms with Crippen molar-refractivity contribution < 1.29 is 38.7 Å². The second-order valence-electron chi connectivity index (χ2n) is 19.6. The van der Waals surface area contributed by atoms with Crippen LogP contribution in [-0.2, 0) is 47.6 Å². The van der Waals surface area contributed by atoms with Crippen LogP contribution in [-0.4, -0.2) is 118 Å². The maximum atomic E-state index is 14.3. The molecule has 3 N–H and O–H groups in total. The summed E-state index contributed by atoms with van der Waals surface area (Å²) in [6, 6.07) is 37.0. The van der Waals surface area contributed by atoms with Crippen LogP contribution in [0.25, 0.3) is 11.1 Å². The zero-order valence-corrected chi connectivity index (χ0v) is 41.9. The van der Waals surface area contributed by atoms with Crippen LogP contribution in [0.3, 0.4) is 0 Å². The van der Waals surface area contributed by atoms with Crippen LogP contribution < -0.4 is 10.6 Å². The fraction of sp³-hybridized carbons (Fsp3) is 0.264. The van der Waals surface area contributed by atoms with E-state index in [2.05, 4.69) is 41.0 Å². The summed E-state index contributed by atoms with van der Waals surface area (Å²) in [7, 11) is 8.54. The monoisotopic (exact) mass is 1050 g/mol. The number of amides is 4. The van der Waals surface area contributed by atoms with Crippen LogP contribution in [0.4, 0.5) is 17.1 Å². The van der Waals surface area contributed by atoms with Gasteiger partial charge in [0.15, 0.2) is 16.9 Å². The van der Waals surface area contributed by atoms with Crippen LogP contribution in [0.15, 0.2) is 133 Å². The highest BCUT2D eigenvalue weighted by Gasteiger charge is 2.83. The number of nitro groups is 1. The van der Waals surface area contributed by atoms with Crippen molar-refractivity contribution in [1.29, 1.82) is 0 Å². The lowest BCUT2D eigenvalue weighted by Crippen LogP contribution is -2.73. The Kier molecular flexibility index (Phi) is 9.49. The Balaban J connectivity index is 0.000000141. The minimum Gasteiger partial charge on any atom is -0.453 e. The highest BCUT2D eigenvalue weighted by molar-refractivity contribution is 8.78. The molecule has 10 heterocycles. The number of allylic oxidation sites excluding steroid dienone is 2. The fourth-order valence-corrected chi connectivity index (χ4v) is 20.5. The molecule has 73 heavy (non-hydrogen) atoms. The van der Waals surface area contributed by atoms with E-state index < -0.39 is 66.8 Å². The van der Waals surface area contributed by atoms with Gasteiger partial charge in [0.05, 0.1) is 15.9 Å². The molecule has 0 saturated carbocycles. The molecule has 4 amide bonds. The number of aliphatic hydroxyl groups excluding tert-OH is 1. The number of nitrogens with zero attached hydrogens (tertiary/aromatic N) is 5. The van der Waals surface area contributed by atoms with Crippen LogP contribution in [0.2, 0.25) is 0 Å². The van der Waals surface area contributed by atoms with E-state index in [4.69, 9.17) is 4.74 Å². The van der Waals surface area contributed by atoms with E-state index in [-0.39, 0.29) is 34.9 Å². The molecule has 5 aromatic carbocycles. The van der Waals surface area contributed by atoms with Gasteiger partial charge < -0.3 is 30.3 Å². The van der Waals surface area contributed by atoms with Crippen LogP contribution in [0.5, 0.6) is 0 Å². The number of anilines is 2. The number of piperazine rings is 2. The Labute approximate surface area is 432 Å². The first-order chi connectivity index (χ1) is 35.3. The lowest BCUT2D eigenvalue weighted by molar-refractivity contribution is -0.384. The Hall–Kier alpha value is -6.71. The van der Waals surface area contributed by atoms with Gasteiger partial charge in [-0.15, -0.1) is 0 Å². The molecular formula is C53H41N7O9S4. The number of carbonyl (C=O) groups is 5. The summed E-state index contributed by atoms with van der Waals surface area (Å²) >= 11 is 0. The molecule has 10 atom stereocenters. The molecule has 2 spiro atoms. The number of hydrogen-bond donors (Lipinski definition) is 3. The van der Waals surface area contributed by atoms with Crippen molar-refractivity contribution in [3.8, 4) is 0 Å². The molecule has 10 aliphatic heterocycles. The van der Waals surface area contributed by atoms with Gasteiger partial charge in [-0.2, -0.15) is 0 Å². The third kappa shape index (κ3) is 5.34. The van der Waals surface area contributed by atoms with E-state index in [1.807, 2.05) is 78.9 Å². The number of nitrogens with one attached hydrogen (secondary N) is 2. The normalized spacial score (nSPS) is 32.8. The summed E-state index contributed by atoms with van der Waals surface area (Å²) in [4.78, 5) is 83.6. The van der Waals surface area contributed by atoms with Gasteiger partial charge in [0.2, 0.25) is 9.74 Å². The van der Waals surface area contributed by atoms with E-state index >= 15 is 0 Å². The first-order valence-corrected chi connectivity index (χ1v) is 28.1. The van der Waals surface area contributed by atoms with Crippen molar-refractivity contribution >= 4 is 101 Å². The lowest BCUT2D eigenvalue weighted by Gasteiger charge is -2.53. The number of para-hydroxylation sites is 2.